The quantitative estimate of drug-likeness (QED) is 0.682. The van der Waals surface area contributed by atoms with Crippen LogP contribution < -0.4 is 10.6 Å². The molecule has 4 atom stereocenters. The second-order valence-corrected chi connectivity index (χ2v) is 6.10. The van der Waals surface area contributed by atoms with E-state index >= 15 is 0 Å². The van der Waals surface area contributed by atoms with Gasteiger partial charge >= 0.3 is 0 Å². The van der Waals surface area contributed by atoms with E-state index < -0.39 is 0 Å². The van der Waals surface area contributed by atoms with Crippen molar-refractivity contribution in [3.63, 3.8) is 0 Å². The van der Waals surface area contributed by atoms with Crippen molar-refractivity contribution < 1.29 is 10.2 Å². The third-order valence-corrected chi connectivity index (χ3v) is 4.84. The fourth-order valence-electron chi connectivity index (χ4n) is 3.65. The summed E-state index contributed by atoms with van der Waals surface area (Å²) >= 11 is 0. The summed E-state index contributed by atoms with van der Waals surface area (Å²) in [7, 11) is 0. The molecule has 4 unspecified atom stereocenters. The fraction of sp³-hybridized carbons (Fsp3) is 0.294. The van der Waals surface area contributed by atoms with Gasteiger partial charge in [-0.3, -0.25) is 10.6 Å². The van der Waals surface area contributed by atoms with Crippen LogP contribution in [0.5, 0.6) is 11.5 Å². The van der Waals surface area contributed by atoms with Gasteiger partial charge in [-0.25, -0.2) is 0 Å². The third kappa shape index (κ3) is 1.76. The molecule has 4 nitrogen and oxygen atoms in total. The Bertz CT molecular complexity index is 703. The zero-order valence-corrected chi connectivity index (χ0v) is 11.7. The van der Waals surface area contributed by atoms with Gasteiger partial charge in [0, 0.05) is 28.6 Å². The molecule has 0 radical (unpaired) electrons. The van der Waals surface area contributed by atoms with Crippen LogP contribution in [0.3, 0.4) is 0 Å². The Morgan fingerprint density at radius 1 is 0.905 bits per heavy atom. The van der Waals surface area contributed by atoms with Crippen molar-refractivity contribution in [2.75, 3.05) is 0 Å². The molecule has 4 rings (SSSR count). The molecule has 1 saturated carbocycles. The number of phenols is 2. The summed E-state index contributed by atoms with van der Waals surface area (Å²) < 4.78 is 0. The Hall–Kier alpha value is -2.04. The molecule has 2 aliphatic rings. The smallest absolute Gasteiger partial charge is 0.121 e. The molecule has 1 aliphatic carbocycles. The molecule has 0 bridgehead atoms. The number of benzene rings is 2. The van der Waals surface area contributed by atoms with Crippen LogP contribution in [0.4, 0.5) is 0 Å². The van der Waals surface area contributed by atoms with Crippen molar-refractivity contribution in [3.8, 4) is 11.5 Å². The van der Waals surface area contributed by atoms with Gasteiger partial charge < -0.3 is 10.2 Å². The van der Waals surface area contributed by atoms with Crippen molar-refractivity contribution in [2.45, 2.75) is 30.6 Å². The van der Waals surface area contributed by atoms with Crippen LogP contribution in [0.1, 0.15) is 30.1 Å². The van der Waals surface area contributed by atoms with Gasteiger partial charge in [0.1, 0.15) is 11.5 Å². The van der Waals surface area contributed by atoms with E-state index in [-0.39, 0.29) is 23.7 Å². The summed E-state index contributed by atoms with van der Waals surface area (Å²) in [6.07, 6.45) is -0.0525. The zero-order chi connectivity index (χ0) is 14.6. The number of aromatic hydroxyl groups is 2. The van der Waals surface area contributed by atoms with Gasteiger partial charge in [0.15, 0.2) is 0 Å². The van der Waals surface area contributed by atoms with Crippen molar-refractivity contribution in [2.24, 2.45) is 0 Å². The highest BCUT2D eigenvalue weighted by atomic mass is 16.3. The molecule has 0 amide bonds. The Balaban J connectivity index is 1.59. The number of phenolic OH excluding ortho intramolecular Hbond substituents is 2. The number of hydrogen-bond acceptors (Lipinski definition) is 4. The van der Waals surface area contributed by atoms with Crippen molar-refractivity contribution >= 4 is 0 Å². The number of fused-ring (bicyclic) bond motifs is 1. The van der Waals surface area contributed by atoms with Crippen LogP contribution in [0.2, 0.25) is 0 Å². The molecule has 2 aromatic rings. The molecule has 0 spiro atoms. The minimum Gasteiger partial charge on any atom is -0.508 e. The molecule has 4 heteroatoms. The van der Waals surface area contributed by atoms with Crippen LogP contribution >= 0.6 is 0 Å². The Morgan fingerprint density at radius 2 is 1.48 bits per heavy atom. The second-order valence-electron chi connectivity index (χ2n) is 6.10. The van der Waals surface area contributed by atoms with E-state index in [0.29, 0.717) is 11.5 Å². The summed E-state index contributed by atoms with van der Waals surface area (Å²) in [6.45, 7) is 2.15. The first-order valence-electron chi connectivity index (χ1n) is 7.21. The van der Waals surface area contributed by atoms with Crippen LogP contribution in [-0.4, -0.2) is 21.8 Å². The van der Waals surface area contributed by atoms with Gasteiger partial charge in [0.2, 0.25) is 0 Å². The van der Waals surface area contributed by atoms with Crippen molar-refractivity contribution in [3.05, 3.63) is 59.7 Å². The molecule has 21 heavy (non-hydrogen) atoms. The van der Waals surface area contributed by atoms with E-state index in [2.05, 4.69) is 17.6 Å². The Labute approximate surface area is 123 Å². The lowest BCUT2D eigenvalue weighted by molar-refractivity contribution is 0.411. The lowest BCUT2D eigenvalue weighted by atomic mass is 10.0. The topological polar surface area (TPSA) is 64.5 Å². The maximum absolute atomic E-state index is 10.0. The van der Waals surface area contributed by atoms with E-state index in [4.69, 9.17) is 0 Å². The van der Waals surface area contributed by atoms with Gasteiger partial charge in [-0.2, -0.15) is 0 Å². The van der Waals surface area contributed by atoms with Gasteiger partial charge in [-0.15, -0.1) is 0 Å². The summed E-state index contributed by atoms with van der Waals surface area (Å²) in [6, 6.07) is 15.1. The highest BCUT2D eigenvalue weighted by Gasteiger charge is 2.67. The lowest BCUT2D eigenvalue weighted by Gasteiger charge is -2.21. The van der Waals surface area contributed by atoms with Crippen LogP contribution in [-0.2, 0) is 0 Å². The predicted molar refractivity (Wildman–Crippen MR) is 80.2 cm³/mol. The third-order valence-electron chi connectivity index (χ3n) is 4.84. The van der Waals surface area contributed by atoms with E-state index in [1.165, 1.54) is 0 Å². The average Bonchev–Trinajstić information content (AvgIpc) is 2.86. The summed E-state index contributed by atoms with van der Waals surface area (Å²) in [4.78, 5) is 0. The van der Waals surface area contributed by atoms with Crippen molar-refractivity contribution in [1.29, 1.82) is 0 Å². The van der Waals surface area contributed by atoms with Crippen molar-refractivity contribution in [1.82, 2.24) is 10.6 Å². The average molecular weight is 282 g/mol. The molecule has 108 valence electrons. The molecule has 2 aromatic carbocycles. The first-order chi connectivity index (χ1) is 10.1. The van der Waals surface area contributed by atoms with Crippen LogP contribution in [0.25, 0.3) is 0 Å². The molecular weight excluding hydrogens is 264 g/mol. The second kappa shape index (κ2) is 4.23. The standard InChI is InChI=1S/C17H18N2O2/c1-17-14(10-6-2-4-8-12(10)20)15(17)18-16(19-17)11-7-3-5-9-13(11)21/h2-9,14-16,18-21H,1H3. The monoisotopic (exact) mass is 282 g/mol. The van der Waals surface area contributed by atoms with Crippen LogP contribution in [0.15, 0.2) is 48.5 Å². The predicted octanol–water partition coefficient (Wildman–Crippen LogP) is 2.21. The van der Waals surface area contributed by atoms with Gasteiger partial charge in [0.25, 0.3) is 0 Å². The molecule has 0 aromatic heterocycles. The van der Waals surface area contributed by atoms with Gasteiger partial charge in [-0.05, 0) is 19.1 Å². The van der Waals surface area contributed by atoms with E-state index in [1.54, 1.807) is 12.1 Å². The molecule has 1 aliphatic heterocycles. The number of para-hydroxylation sites is 2. The maximum atomic E-state index is 10.0. The largest absolute Gasteiger partial charge is 0.508 e. The number of hydrogen-bond donors (Lipinski definition) is 4. The number of rotatable bonds is 2. The first kappa shape index (κ1) is 12.7. The molecular formula is C17H18N2O2. The summed E-state index contributed by atoms with van der Waals surface area (Å²) in [5.41, 5.74) is 1.74. The first-order valence-corrected chi connectivity index (χ1v) is 7.21. The Kier molecular flexibility index (Phi) is 2.55. The van der Waals surface area contributed by atoms with E-state index in [0.717, 1.165) is 11.1 Å². The normalized spacial score (nSPS) is 33.7. The lowest BCUT2D eigenvalue weighted by Crippen LogP contribution is -2.33. The minimum atomic E-state index is -0.0915. The molecule has 1 saturated heterocycles. The van der Waals surface area contributed by atoms with Crippen LogP contribution in [0, 0.1) is 0 Å². The van der Waals surface area contributed by atoms with Gasteiger partial charge in [-0.1, -0.05) is 36.4 Å². The highest BCUT2D eigenvalue weighted by Crippen LogP contribution is 2.58. The fourth-order valence-corrected chi connectivity index (χ4v) is 3.65. The minimum absolute atomic E-state index is 0.0525. The highest BCUT2D eigenvalue weighted by molar-refractivity contribution is 5.49. The molecule has 2 fully saturated rings. The molecule has 1 heterocycles. The summed E-state index contributed by atoms with van der Waals surface area (Å²) in [5, 5.41) is 27.1. The maximum Gasteiger partial charge on any atom is 0.121 e. The Morgan fingerprint density at radius 3 is 2.00 bits per heavy atom. The SMILES string of the molecule is CC12NC(c3ccccc3O)NC1C2c1ccccc1O. The van der Waals surface area contributed by atoms with E-state index in [1.807, 2.05) is 36.4 Å². The van der Waals surface area contributed by atoms with E-state index in [9.17, 15) is 10.2 Å². The zero-order valence-electron chi connectivity index (χ0n) is 11.7. The molecule has 4 N–H and O–H groups in total. The summed E-state index contributed by atoms with van der Waals surface area (Å²) in [5.74, 6) is 0.896. The van der Waals surface area contributed by atoms with Gasteiger partial charge in [0.05, 0.1) is 6.17 Å². The number of nitrogens with one attached hydrogen (secondary N) is 2.